The van der Waals surface area contributed by atoms with E-state index >= 15 is 0 Å². The highest BCUT2D eigenvalue weighted by Crippen LogP contribution is 2.29. The number of hydrogen-bond donors (Lipinski definition) is 0. The zero-order valence-corrected chi connectivity index (χ0v) is 16.3. The lowest BCUT2D eigenvalue weighted by molar-refractivity contribution is 0.766. The van der Waals surface area contributed by atoms with E-state index in [4.69, 9.17) is 9.97 Å². The molecule has 3 heterocycles. The van der Waals surface area contributed by atoms with Gasteiger partial charge in [-0.2, -0.15) is 0 Å². The molecule has 0 saturated carbocycles. The van der Waals surface area contributed by atoms with Crippen LogP contribution in [0.25, 0.3) is 38.9 Å². The normalized spacial score (nSPS) is 11.5. The highest BCUT2D eigenvalue weighted by Gasteiger charge is 2.20. The van der Waals surface area contributed by atoms with E-state index in [0.717, 1.165) is 27.8 Å². The smallest absolute Gasteiger partial charge is 0.265 e. The Hall–Kier alpha value is -3.80. The van der Waals surface area contributed by atoms with Gasteiger partial charge < -0.3 is 0 Å². The number of aryl methyl sites for hydroxylation is 2. The van der Waals surface area contributed by atoms with Crippen LogP contribution in [0.15, 0.2) is 66.2 Å². The van der Waals surface area contributed by atoms with Gasteiger partial charge in [0.25, 0.3) is 5.56 Å². The highest BCUT2D eigenvalue weighted by atomic mass is 16.1. The van der Waals surface area contributed by atoms with Crippen molar-refractivity contribution in [1.29, 1.82) is 0 Å². The number of nitrogens with zero attached hydrogens (tertiary/aromatic N) is 5. The molecule has 0 atom stereocenters. The number of allylic oxidation sites excluding steroid dienone is 1. The van der Waals surface area contributed by atoms with Crippen LogP contribution < -0.4 is 5.56 Å². The Kier molecular flexibility index (Phi) is 3.81. The van der Waals surface area contributed by atoms with Gasteiger partial charge in [-0.25, -0.2) is 15.0 Å². The predicted octanol–water partition coefficient (Wildman–Crippen LogP) is 4.09. The topological polar surface area (TPSA) is 65.6 Å². The lowest BCUT2D eigenvalue weighted by Crippen LogP contribution is -2.20. The minimum Gasteiger partial charge on any atom is -0.295 e. The number of aromatic nitrogens is 5. The van der Waals surface area contributed by atoms with Gasteiger partial charge in [0.2, 0.25) is 0 Å². The van der Waals surface area contributed by atoms with Gasteiger partial charge in [-0.3, -0.25) is 13.9 Å². The molecular weight excluding hydrogens is 362 g/mol. The number of benzene rings is 2. The summed E-state index contributed by atoms with van der Waals surface area (Å²) in [6.07, 6.45) is 3.24. The van der Waals surface area contributed by atoms with Gasteiger partial charge in [0.05, 0.1) is 11.0 Å². The van der Waals surface area contributed by atoms with E-state index in [1.807, 2.05) is 28.8 Å². The van der Waals surface area contributed by atoms with Crippen molar-refractivity contribution >= 4 is 33.2 Å². The van der Waals surface area contributed by atoms with Gasteiger partial charge in [0.1, 0.15) is 17.2 Å². The van der Waals surface area contributed by atoms with Crippen LogP contribution in [0.4, 0.5) is 0 Å². The number of hydrogen-bond acceptors (Lipinski definition) is 4. The van der Waals surface area contributed by atoms with Gasteiger partial charge in [-0.1, -0.05) is 24.3 Å². The molecule has 6 nitrogen and oxygen atoms in total. The molecule has 0 saturated heterocycles. The second kappa shape index (κ2) is 6.38. The third-order valence-corrected chi connectivity index (χ3v) is 5.02. The van der Waals surface area contributed by atoms with E-state index in [1.54, 1.807) is 12.4 Å². The predicted molar refractivity (Wildman–Crippen MR) is 116 cm³/mol. The summed E-state index contributed by atoms with van der Waals surface area (Å²) in [7, 11) is 0. The van der Waals surface area contributed by atoms with Crippen molar-refractivity contribution < 1.29 is 0 Å². The first kappa shape index (κ1) is 17.3. The quantitative estimate of drug-likeness (QED) is 0.442. The zero-order valence-electron chi connectivity index (χ0n) is 16.3. The van der Waals surface area contributed by atoms with Crippen molar-refractivity contribution in [3.63, 3.8) is 0 Å². The van der Waals surface area contributed by atoms with E-state index < -0.39 is 0 Å². The van der Waals surface area contributed by atoms with Crippen LogP contribution in [0, 0.1) is 13.8 Å². The van der Waals surface area contributed by atoms with E-state index in [1.165, 1.54) is 4.57 Å². The minimum atomic E-state index is -0.146. The molecular formula is C23H19N5O. The van der Waals surface area contributed by atoms with Gasteiger partial charge in [0, 0.05) is 12.2 Å². The molecule has 0 unspecified atom stereocenters. The summed E-state index contributed by atoms with van der Waals surface area (Å²) in [6, 6.07) is 13.9. The average Bonchev–Trinajstić information content (AvgIpc) is 3.01. The fourth-order valence-corrected chi connectivity index (χ4v) is 3.87. The maximum Gasteiger partial charge on any atom is 0.265 e. The summed E-state index contributed by atoms with van der Waals surface area (Å²) < 4.78 is 3.47. The van der Waals surface area contributed by atoms with Crippen molar-refractivity contribution in [2.75, 3.05) is 0 Å². The Balaban J connectivity index is 2.01. The van der Waals surface area contributed by atoms with E-state index in [2.05, 4.69) is 43.6 Å². The van der Waals surface area contributed by atoms with Crippen LogP contribution in [0.1, 0.15) is 11.1 Å². The number of fused-ring (bicyclic) bond motifs is 4. The Labute approximate surface area is 166 Å². The van der Waals surface area contributed by atoms with Gasteiger partial charge in [-0.05, 0) is 49.2 Å². The molecule has 142 valence electrons. The van der Waals surface area contributed by atoms with Crippen molar-refractivity contribution in [2.24, 2.45) is 0 Å². The second-order valence-electron chi connectivity index (χ2n) is 7.26. The molecule has 5 aromatic rings. The molecule has 0 amide bonds. The van der Waals surface area contributed by atoms with Crippen LogP contribution in [0.5, 0.6) is 0 Å². The van der Waals surface area contributed by atoms with Crippen LogP contribution >= 0.6 is 0 Å². The number of rotatable bonds is 3. The van der Waals surface area contributed by atoms with E-state index in [9.17, 15) is 4.79 Å². The molecule has 0 radical (unpaired) electrons. The van der Waals surface area contributed by atoms with Crippen molar-refractivity contribution in [3.8, 4) is 5.69 Å². The molecule has 0 spiro atoms. The first-order valence-corrected chi connectivity index (χ1v) is 9.43. The SMILES string of the molecule is C=CCn1cnc2c(c1=O)c1nc3ccccc3nc1n2-c1cc(C)cc(C)c1. The van der Waals surface area contributed by atoms with Crippen LogP contribution in [-0.2, 0) is 6.54 Å². The molecule has 2 aromatic carbocycles. The van der Waals surface area contributed by atoms with Crippen LogP contribution in [0.2, 0.25) is 0 Å². The molecule has 0 aliphatic carbocycles. The molecule has 0 N–H and O–H groups in total. The number of para-hydroxylation sites is 2. The summed E-state index contributed by atoms with van der Waals surface area (Å²) in [5, 5.41) is 0.474. The first-order valence-electron chi connectivity index (χ1n) is 9.43. The third kappa shape index (κ3) is 2.64. The molecule has 0 bridgehead atoms. The summed E-state index contributed by atoms with van der Waals surface area (Å²) >= 11 is 0. The molecule has 29 heavy (non-hydrogen) atoms. The molecule has 0 fully saturated rings. The highest BCUT2D eigenvalue weighted by molar-refractivity contribution is 6.05. The maximum atomic E-state index is 13.2. The second-order valence-corrected chi connectivity index (χ2v) is 7.26. The summed E-state index contributed by atoms with van der Waals surface area (Å²) in [5.41, 5.74) is 6.31. The summed E-state index contributed by atoms with van der Waals surface area (Å²) in [5.74, 6) is 0. The Morgan fingerprint density at radius 2 is 1.69 bits per heavy atom. The van der Waals surface area contributed by atoms with Crippen LogP contribution in [0.3, 0.4) is 0 Å². The molecule has 6 heteroatoms. The minimum absolute atomic E-state index is 0.146. The fraction of sp³-hybridized carbons (Fsp3) is 0.130. The monoisotopic (exact) mass is 381 g/mol. The molecule has 0 aliphatic heterocycles. The molecule has 3 aromatic heterocycles. The van der Waals surface area contributed by atoms with Crippen molar-refractivity contribution in [2.45, 2.75) is 20.4 Å². The summed E-state index contributed by atoms with van der Waals surface area (Å²) in [6.45, 7) is 8.22. The lowest BCUT2D eigenvalue weighted by atomic mass is 10.1. The average molecular weight is 381 g/mol. The largest absolute Gasteiger partial charge is 0.295 e. The standard InChI is InChI=1S/C23H19N5O/c1-4-9-27-13-24-21-19(23(27)29)20-22(26-18-8-6-5-7-17(18)25-20)28(21)16-11-14(2)10-15(3)12-16/h4-8,10-13H,1,9H2,2-3H3. The third-order valence-electron chi connectivity index (χ3n) is 5.02. The molecule has 5 rings (SSSR count). The van der Waals surface area contributed by atoms with Crippen LogP contribution in [-0.4, -0.2) is 24.1 Å². The Morgan fingerprint density at radius 1 is 1.00 bits per heavy atom. The summed E-state index contributed by atoms with van der Waals surface area (Å²) in [4.78, 5) is 27.5. The van der Waals surface area contributed by atoms with Crippen molar-refractivity contribution in [3.05, 3.63) is 82.9 Å². The van der Waals surface area contributed by atoms with Gasteiger partial charge in [0.15, 0.2) is 11.3 Å². The van der Waals surface area contributed by atoms with Gasteiger partial charge >= 0.3 is 0 Å². The lowest BCUT2D eigenvalue weighted by Gasteiger charge is -2.09. The first-order chi connectivity index (χ1) is 14.1. The van der Waals surface area contributed by atoms with E-state index in [-0.39, 0.29) is 5.56 Å². The maximum absolute atomic E-state index is 13.2. The van der Waals surface area contributed by atoms with Crippen molar-refractivity contribution in [1.82, 2.24) is 24.1 Å². The molecule has 0 aliphatic rings. The Bertz CT molecular complexity index is 1470. The Morgan fingerprint density at radius 3 is 2.38 bits per heavy atom. The fourth-order valence-electron chi connectivity index (χ4n) is 3.87. The zero-order chi connectivity index (χ0) is 20.1. The van der Waals surface area contributed by atoms with E-state index in [0.29, 0.717) is 28.7 Å². The van der Waals surface area contributed by atoms with Gasteiger partial charge in [-0.15, -0.1) is 6.58 Å².